The minimum atomic E-state index is -3.57. The molecule has 2 aromatic carbocycles. The van der Waals surface area contributed by atoms with Crippen molar-refractivity contribution in [3.8, 4) is 0 Å². The molecule has 0 aromatic heterocycles. The number of sulfonamides is 1. The minimum Gasteiger partial charge on any atom is -0.324 e. The third kappa shape index (κ3) is 3.33. The molecule has 1 atom stereocenters. The van der Waals surface area contributed by atoms with Crippen LogP contribution in [-0.4, -0.2) is 8.42 Å². The summed E-state index contributed by atoms with van der Waals surface area (Å²) >= 11 is 0. The molecule has 0 fully saturated rings. The van der Waals surface area contributed by atoms with Crippen molar-refractivity contribution in [2.24, 2.45) is 5.73 Å². The van der Waals surface area contributed by atoms with E-state index in [0.717, 1.165) is 5.56 Å². The quantitative estimate of drug-likeness (QED) is 0.901. The molecule has 19 heavy (non-hydrogen) atoms. The summed E-state index contributed by atoms with van der Waals surface area (Å²) in [4.78, 5) is 0.214. The molecular formula is C14H16N2O2S. The van der Waals surface area contributed by atoms with Gasteiger partial charge in [-0.1, -0.05) is 30.3 Å². The lowest BCUT2D eigenvalue weighted by molar-refractivity contribution is 0.601. The van der Waals surface area contributed by atoms with E-state index >= 15 is 0 Å². The predicted molar refractivity (Wildman–Crippen MR) is 76.3 cm³/mol. The summed E-state index contributed by atoms with van der Waals surface area (Å²) in [6.45, 7) is 1.82. The normalized spacial score (nSPS) is 12.9. The Hall–Kier alpha value is -1.85. The van der Waals surface area contributed by atoms with E-state index in [9.17, 15) is 8.42 Å². The number of anilines is 1. The second-order valence-electron chi connectivity index (χ2n) is 4.33. The molecule has 0 aliphatic rings. The lowest BCUT2D eigenvalue weighted by Crippen LogP contribution is -2.14. The first-order valence-electron chi connectivity index (χ1n) is 5.92. The second kappa shape index (κ2) is 5.42. The first-order chi connectivity index (χ1) is 8.99. The van der Waals surface area contributed by atoms with Gasteiger partial charge in [-0.25, -0.2) is 8.42 Å². The van der Waals surface area contributed by atoms with Crippen LogP contribution in [0, 0.1) is 0 Å². The van der Waals surface area contributed by atoms with Crippen LogP contribution in [0.25, 0.3) is 0 Å². The lowest BCUT2D eigenvalue weighted by atomic mass is 10.1. The third-order valence-electron chi connectivity index (χ3n) is 2.72. The van der Waals surface area contributed by atoms with Crippen molar-refractivity contribution in [2.75, 3.05) is 4.72 Å². The Labute approximate surface area is 113 Å². The Morgan fingerprint density at radius 3 is 2.37 bits per heavy atom. The average Bonchev–Trinajstić information content (AvgIpc) is 2.39. The van der Waals surface area contributed by atoms with Crippen molar-refractivity contribution in [1.82, 2.24) is 0 Å². The molecule has 0 bridgehead atoms. The van der Waals surface area contributed by atoms with Crippen LogP contribution in [0.2, 0.25) is 0 Å². The number of nitrogens with one attached hydrogen (secondary N) is 1. The summed E-state index contributed by atoms with van der Waals surface area (Å²) in [5.74, 6) is 0. The molecule has 0 saturated heterocycles. The minimum absolute atomic E-state index is 0.202. The highest BCUT2D eigenvalue weighted by Gasteiger charge is 2.15. The summed E-state index contributed by atoms with van der Waals surface area (Å²) in [5.41, 5.74) is 7.09. The molecule has 0 aliphatic heterocycles. The van der Waals surface area contributed by atoms with Gasteiger partial charge in [-0.2, -0.15) is 0 Å². The molecule has 2 aromatic rings. The molecule has 0 spiro atoms. The van der Waals surface area contributed by atoms with Crippen molar-refractivity contribution < 1.29 is 8.42 Å². The van der Waals surface area contributed by atoms with E-state index in [1.807, 2.05) is 19.1 Å². The summed E-state index contributed by atoms with van der Waals surface area (Å²) in [6.07, 6.45) is 0. The Balaban J connectivity index is 2.32. The van der Waals surface area contributed by atoms with Crippen molar-refractivity contribution in [1.29, 1.82) is 0 Å². The summed E-state index contributed by atoms with van der Waals surface area (Å²) in [6, 6.07) is 15.2. The molecule has 0 aliphatic carbocycles. The van der Waals surface area contributed by atoms with Gasteiger partial charge in [-0.05, 0) is 36.8 Å². The topological polar surface area (TPSA) is 72.2 Å². The van der Waals surface area contributed by atoms with Gasteiger partial charge in [0.25, 0.3) is 10.0 Å². The molecule has 0 radical (unpaired) electrons. The van der Waals surface area contributed by atoms with Crippen LogP contribution in [0.15, 0.2) is 59.5 Å². The SMILES string of the molecule is CC(N)c1cccc(S(=O)(=O)Nc2ccccc2)c1. The van der Waals surface area contributed by atoms with Crippen LogP contribution in [0.5, 0.6) is 0 Å². The van der Waals surface area contributed by atoms with Gasteiger partial charge in [0.2, 0.25) is 0 Å². The number of rotatable bonds is 4. The molecular weight excluding hydrogens is 260 g/mol. The van der Waals surface area contributed by atoms with Gasteiger partial charge in [0.15, 0.2) is 0 Å². The van der Waals surface area contributed by atoms with Gasteiger partial charge in [0.1, 0.15) is 0 Å². The Morgan fingerprint density at radius 2 is 1.74 bits per heavy atom. The first-order valence-corrected chi connectivity index (χ1v) is 7.41. The van der Waals surface area contributed by atoms with Crippen molar-refractivity contribution in [3.63, 3.8) is 0 Å². The molecule has 2 rings (SSSR count). The van der Waals surface area contributed by atoms with Gasteiger partial charge in [0, 0.05) is 11.7 Å². The molecule has 0 amide bonds. The van der Waals surface area contributed by atoms with Gasteiger partial charge in [-0.3, -0.25) is 4.72 Å². The molecule has 100 valence electrons. The van der Waals surface area contributed by atoms with Crippen LogP contribution in [0.4, 0.5) is 5.69 Å². The number of hydrogen-bond acceptors (Lipinski definition) is 3. The average molecular weight is 276 g/mol. The molecule has 0 saturated carbocycles. The number of hydrogen-bond donors (Lipinski definition) is 2. The van der Waals surface area contributed by atoms with E-state index in [1.54, 1.807) is 42.5 Å². The van der Waals surface area contributed by atoms with Crippen molar-refractivity contribution in [3.05, 3.63) is 60.2 Å². The Bertz CT molecular complexity index is 652. The zero-order valence-electron chi connectivity index (χ0n) is 10.6. The van der Waals surface area contributed by atoms with E-state index in [2.05, 4.69) is 4.72 Å². The smallest absolute Gasteiger partial charge is 0.261 e. The zero-order chi connectivity index (χ0) is 13.9. The maximum Gasteiger partial charge on any atom is 0.261 e. The third-order valence-corrected chi connectivity index (χ3v) is 4.10. The summed E-state index contributed by atoms with van der Waals surface area (Å²) < 4.78 is 27.0. The Morgan fingerprint density at radius 1 is 1.05 bits per heavy atom. The van der Waals surface area contributed by atoms with E-state index in [1.165, 1.54) is 0 Å². The highest BCUT2D eigenvalue weighted by molar-refractivity contribution is 7.92. The highest BCUT2D eigenvalue weighted by Crippen LogP contribution is 2.19. The largest absolute Gasteiger partial charge is 0.324 e. The van der Waals surface area contributed by atoms with Crippen molar-refractivity contribution in [2.45, 2.75) is 17.9 Å². The van der Waals surface area contributed by atoms with Crippen molar-refractivity contribution >= 4 is 15.7 Å². The van der Waals surface area contributed by atoms with Gasteiger partial charge < -0.3 is 5.73 Å². The molecule has 4 nitrogen and oxygen atoms in total. The van der Waals surface area contributed by atoms with Crippen LogP contribution in [0.1, 0.15) is 18.5 Å². The zero-order valence-corrected chi connectivity index (χ0v) is 11.4. The van der Waals surface area contributed by atoms with Gasteiger partial charge >= 0.3 is 0 Å². The number of benzene rings is 2. The van der Waals surface area contributed by atoms with Crippen LogP contribution < -0.4 is 10.5 Å². The fourth-order valence-electron chi connectivity index (χ4n) is 1.69. The first kappa shape index (κ1) is 13.6. The highest BCUT2D eigenvalue weighted by atomic mass is 32.2. The van der Waals surface area contributed by atoms with Gasteiger partial charge in [0.05, 0.1) is 4.90 Å². The van der Waals surface area contributed by atoms with E-state index < -0.39 is 10.0 Å². The predicted octanol–water partition coefficient (Wildman–Crippen LogP) is 2.51. The van der Waals surface area contributed by atoms with E-state index in [0.29, 0.717) is 5.69 Å². The van der Waals surface area contributed by atoms with Gasteiger partial charge in [-0.15, -0.1) is 0 Å². The fraction of sp³-hybridized carbons (Fsp3) is 0.143. The number of para-hydroxylation sites is 1. The van der Waals surface area contributed by atoms with E-state index in [4.69, 9.17) is 5.73 Å². The molecule has 1 unspecified atom stereocenters. The standard InChI is InChI=1S/C14H16N2O2S/c1-11(15)12-6-5-9-14(10-12)19(17,18)16-13-7-3-2-4-8-13/h2-11,16H,15H2,1H3. The van der Waals surface area contributed by atoms with Crippen LogP contribution >= 0.6 is 0 Å². The summed E-state index contributed by atoms with van der Waals surface area (Å²) in [7, 11) is -3.57. The van der Waals surface area contributed by atoms with Crippen LogP contribution in [0.3, 0.4) is 0 Å². The fourth-order valence-corrected chi connectivity index (χ4v) is 2.80. The molecule has 3 N–H and O–H groups in total. The number of nitrogens with two attached hydrogens (primary N) is 1. The maximum atomic E-state index is 12.2. The lowest BCUT2D eigenvalue weighted by Gasteiger charge is -2.10. The molecule has 0 heterocycles. The molecule has 5 heteroatoms. The monoisotopic (exact) mass is 276 g/mol. The summed E-state index contributed by atoms with van der Waals surface area (Å²) in [5, 5.41) is 0. The second-order valence-corrected chi connectivity index (χ2v) is 6.02. The van der Waals surface area contributed by atoms with E-state index in [-0.39, 0.29) is 10.9 Å². The maximum absolute atomic E-state index is 12.2. The van der Waals surface area contributed by atoms with Crippen LogP contribution in [-0.2, 0) is 10.0 Å². The Kier molecular flexibility index (Phi) is 3.87.